The van der Waals surface area contributed by atoms with Gasteiger partial charge in [0.2, 0.25) is 0 Å². The third-order valence-corrected chi connectivity index (χ3v) is 5.29. The lowest BCUT2D eigenvalue weighted by atomic mass is 10.00. The van der Waals surface area contributed by atoms with Crippen molar-refractivity contribution in [2.45, 2.75) is 45.5 Å². The zero-order valence-corrected chi connectivity index (χ0v) is 17.2. The Morgan fingerprint density at radius 1 is 1.20 bits per heavy atom. The first-order chi connectivity index (χ1) is 14.2. The van der Waals surface area contributed by atoms with E-state index in [1.54, 1.807) is 18.3 Å². The van der Waals surface area contributed by atoms with Crippen LogP contribution in [0.25, 0.3) is 22.4 Å². The summed E-state index contributed by atoms with van der Waals surface area (Å²) in [6.45, 7) is 7.79. The fourth-order valence-corrected chi connectivity index (χ4v) is 4.15. The highest BCUT2D eigenvalue weighted by Crippen LogP contribution is 2.38. The molecule has 0 aromatic carbocycles. The van der Waals surface area contributed by atoms with Gasteiger partial charge >= 0.3 is 6.18 Å². The molecule has 0 saturated carbocycles. The van der Waals surface area contributed by atoms with Crippen LogP contribution in [0.5, 0.6) is 0 Å². The minimum Gasteiger partial charge on any atom is -0.353 e. The Labute approximate surface area is 172 Å². The van der Waals surface area contributed by atoms with Gasteiger partial charge < -0.3 is 10.2 Å². The maximum absolute atomic E-state index is 13.8. The second kappa shape index (κ2) is 7.86. The first-order valence-electron chi connectivity index (χ1n) is 10.1. The first-order valence-corrected chi connectivity index (χ1v) is 10.1. The number of fused-ring (bicyclic) bond motifs is 1. The number of nitrogens with zero attached hydrogens (tertiary/aromatic N) is 4. The van der Waals surface area contributed by atoms with Crippen LogP contribution in [0.15, 0.2) is 30.5 Å². The number of hydrogen-bond donors (Lipinski definition) is 2. The highest BCUT2D eigenvalue weighted by Gasteiger charge is 2.36. The van der Waals surface area contributed by atoms with Crippen LogP contribution in [0, 0.1) is 5.92 Å². The van der Waals surface area contributed by atoms with Gasteiger partial charge in [-0.05, 0) is 43.5 Å². The Kier molecular flexibility index (Phi) is 5.40. The topological polar surface area (TPSA) is 69.7 Å². The van der Waals surface area contributed by atoms with Gasteiger partial charge in [-0.15, -0.1) is 0 Å². The van der Waals surface area contributed by atoms with Gasteiger partial charge in [0.05, 0.1) is 11.3 Å². The second-order valence-corrected chi connectivity index (χ2v) is 8.34. The molecule has 1 saturated heterocycles. The Hall–Kier alpha value is -2.68. The number of rotatable bonds is 4. The average molecular weight is 418 g/mol. The van der Waals surface area contributed by atoms with Gasteiger partial charge in [-0.2, -0.15) is 18.3 Å². The number of alkyl halides is 3. The normalized spacial score (nSPS) is 20.3. The van der Waals surface area contributed by atoms with Gasteiger partial charge in [0.1, 0.15) is 11.5 Å². The number of pyridine rings is 2. The molecule has 6 nitrogen and oxygen atoms in total. The molecular formula is C21H25F3N6. The predicted octanol–water partition coefficient (Wildman–Crippen LogP) is 4.25. The van der Waals surface area contributed by atoms with E-state index in [9.17, 15) is 13.2 Å². The van der Waals surface area contributed by atoms with Crippen LogP contribution >= 0.6 is 0 Å². The molecular weight excluding hydrogens is 393 g/mol. The summed E-state index contributed by atoms with van der Waals surface area (Å²) in [6.07, 6.45) is -1.99. The van der Waals surface area contributed by atoms with Crippen molar-refractivity contribution in [3.05, 3.63) is 36.0 Å². The summed E-state index contributed by atoms with van der Waals surface area (Å²) in [5.41, 5.74) is -0.348. The Bertz CT molecular complexity index is 1030. The van der Waals surface area contributed by atoms with Gasteiger partial charge in [-0.3, -0.25) is 5.10 Å². The molecule has 1 unspecified atom stereocenters. The van der Waals surface area contributed by atoms with Crippen LogP contribution in [-0.4, -0.2) is 45.3 Å². The molecule has 3 aromatic rings. The maximum Gasteiger partial charge on any atom is 0.418 e. The summed E-state index contributed by atoms with van der Waals surface area (Å²) >= 11 is 0. The monoisotopic (exact) mass is 418 g/mol. The largest absolute Gasteiger partial charge is 0.418 e. The third kappa shape index (κ3) is 4.12. The number of piperazine rings is 1. The van der Waals surface area contributed by atoms with E-state index >= 15 is 0 Å². The molecule has 4 rings (SSSR count). The van der Waals surface area contributed by atoms with E-state index in [-0.39, 0.29) is 23.5 Å². The third-order valence-electron chi connectivity index (χ3n) is 5.29. The number of hydrogen-bond acceptors (Lipinski definition) is 5. The molecule has 0 aliphatic carbocycles. The molecule has 0 amide bonds. The van der Waals surface area contributed by atoms with Gasteiger partial charge in [-0.1, -0.05) is 13.8 Å². The van der Waals surface area contributed by atoms with Crippen molar-refractivity contribution < 1.29 is 13.2 Å². The second-order valence-electron chi connectivity index (χ2n) is 8.34. The molecule has 30 heavy (non-hydrogen) atoms. The van der Waals surface area contributed by atoms with Crippen molar-refractivity contribution in [3.63, 3.8) is 0 Å². The highest BCUT2D eigenvalue weighted by molar-refractivity contribution is 5.90. The van der Waals surface area contributed by atoms with Crippen molar-refractivity contribution in [1.82, 2.24) is 25.5 Å². The van der Waals surface area contributed by atoms with Gasteiger partial charge in [0.15, 0.2) is 5.65 Å². The SMILES string of the molecule is CC(C)CC1CN(c2ccc(C(F)(F)F)c(-c3[nH]nc4ncccc34)n2)C[C@H](C)N1. The van der Waals surface area contributed by atoms with Crippen LogP contribution in [0.3, 0.4) is 0 Å². The summed E-state index contributed by atoms with van der Waals surface area (Å²) in [5, 5.41) is 10.8. The van der Waals surface area contributed by atoms with E-state index in [1.165, 1.54) is 6.07 Å². The molecule has 1 aliphatic heterocycles. The summed E-state index contributed by atoms with van der Waals surface area (Å²) in [6, 6.07) is 6.43. The van der Waals surface area contributed by atoms with E-state index in [0.29, 0.717) is 35.9 Å². The van der Waals surface area contributed by atoms with Crippen LogP contribution < -0.4 is 10.2 Å². The van der Waals surface area contributed by atoms with Crippen molar-refractivity contribution in [2.75, 3.05) is 18.0 Å². The molecule has 1 aliphatic rings. The summed E-state index contributed by atoms with van der Waals surface area (Å²) in [4.78, 5) is 10.7. The molecule has 0 spiro atoms. The van der Waals surface area contributed by atoms with Crippen molar-refractivity contribution in [3.8, 4) is 11.4 Å². The van der Waals surface area contributed by atoms with Crippen molar-refractivity contribution in [2.24, 2.45) is 5.92 Å². The summed E-state index contributed by atoms with van der Waals surface area (Å²) < 4.78 is 41.3. The lowest BCUT2D eigenvalue weighted by Gasteiger charge is -2.39. The van der Waals surface area contributed by atoms with Crippen molar-refractivity contribution in [1.29, 1.82) is 0 Å². The minimum atomic E-state index is -4.53. The molecule has 1 fully saturated rings. The van der Waals surface area contributed by atoms with E-state index in [0.717, 1.165) is 12.5 Å². The molecule has 3 aromatic heterocycles. The zero-order valence-electron chi connectivity index (χ0n) is 17.2. The molecule has 4 heterocycles. The quantitative estimate of drug-likeness (QED) is 0.663. The van der Waals surface area contributed by atoms with E-state index in [2.05, 4.69) is 51.2 Å². The van der Waals surface area contributed by atoms with Crippen LogP contribution in [0.4, 0.5) is 19.0 Å². The Morgan fingerprint density at radius 2 is 2.00 bits per heavy atom. The number of nitrogens with one attached hydrogen (secondary N) is 2. The predicted molar refractivity (Wildman–Crippen MR) is 110 cm³/mol. The molecule has 9 heteroatoms. The van der Waals surface area contributed by atoms with Crippen LogP contribution in [0.1, 0.15) is 32.8 Å². The van der Waals surface area contributed by atoms with Crippen LogP contribution in [0.2, 0.25) is 0 Å². The molecule has 0 bridgehead atoms. The fraction of sp³-hybridized carbons (Fsp3) is 0.476. The first kappa shape index (κ1) is 20.6. The van der Waals surface area contributed by atoms with E-state index < -0.39 is 11.7 Å². The lowest BCUT2D eigenvalue weighted by molar-refractivity contribution is -0.137. The van der Waals surface area contributed by atoms with Gasteiger partial charge in [0.25, 0.3) is 0 Å². The van der Waals surface area contributed by atoms with Crippen molar-refractivity contribution >= 4 is 16.9 Å². The molecule has 2 N–H and O–H groups in total. The number of anilines is 1. The number of aromatic amines is 1. The van der Waals surface area contributed by atoms with E-state index in [4.69, 9.17) is 0 Å². The molecule has 160 valence electrons. The summed E-state index contributed by atoms with van der Waals surface area (Å²) in [7, 11) is 0. The Balaban J connectivity index is 1.77. The lowest BCUT2D eigenvalue weighted by Crippen LogP contribution is -2.56. The number of H-pyrrole nitrogens is 1. The number of halogens is 3. The van der Waals surface area contributed by atoms with Gasteiger partial charge in [-0.25, -0.2) is 9.97 Å². The minimum absolute atomic E-state index is 0.151. The average Bonchev–Trinajstić information content (AvgIpc) is 3.10. The summed E-state index contributed by atoms with van der Waals surface area (Å²) in [5.74, 6) is 1.06. The fourth-order valence-electron chi connectivity index (χ4n) is 4.15. The van der Waals surface area contributed by atoms with Gasteiger partial charge in [0, 0.05) is 36.8 Å². The smallest absolute Gasteiger partial charge is 0.353 e. The molecule has 2 atom stereocenters. The molecule has 0 radical (unpaired) electrons. The maximum atomic E-state index is 13.8. The van der Waals surface area contributed by atoms with E-state index in [1.807, 2.05) is 0 Å². The highest BCUT2D eigenvalue weighted by atomic mass is 19.4. The van der Waals surface area contributed by atoms with Crippen LogP contribution in [-0.2, 0) is 6.18 Å². The zero-order chi connectivity index (χ0) is 21.5. The Morgan fingerprint density at radius 3 is 2.73 bits per heavy atom. The number of aromatic nitrogens is 4. The standard InChI is InChI=1S/C21H25F3N6/c1-12(2)9-14-11-30(10-13(3)26-14)17-7-6-16(21(22,23)24)19(27-17)18-15-5-4-8-25-20(15)29-28-18/h4-8,12-14,26H,9-11H2,1-3H3,(H,25,28,29)/t13-,14?/m0/s1.